The zero-order valence-corrected chi connectivity index (χ0v) is 18.6. The first-order valence-corrected chi connectivity index (χ1v) is 11.1. The van der Waals surface area contributed by atoms with Crippen LogP contribution >= 0.6 is 15.9 Å². The van der Waals surface area contributed by atoms with E-state index in [1.54, 1.807) is 12.1 Å². The summed E-state index contributed by atoms with van der Waals surface area (Å²) in [6, 6.07) is 27.9. The highest BCUT2D eigenvalue weighted by Gasteiger charge is 2.63. The number of halogens is 1. The molecule has 2 heterocycles. The van der Waals surface area contributed by atoms with Gasteiger partial charge in [0.05, 0.1) is 18.2 Å². The van der Waals surface area contributed by atoms with Crippen molar-refractivity contribution in [3.63, 3.8) is 0 Å². The van der Waals surface area contributed by atoms with Crippen molar-refractivity contribution in [2.45, 2.75) is 18.0 Å². The fourth-order valence-corrected chi connectivity index (χ4v) is 5.61. The van der Waals surface area contributed by atoms with Gasteiger partial charge in [-0.05, 0) is 23.3 Å². The number of para-hydroxylation sites is 1. The minimum atomic E-state index is -1.44. The van der Waals surface area contributed by atoms with E-state index < -0.39 is 23.4 Å². The van der Waals surface area contributed by atoms with E-state index in [9.17, 15) is 15.3 Å². The molecule has 0 amide bonds. The molecule has 154 valence electrons. The van der Waals surface area contributed by atoms with Gasteiger partial charge in [-0.25, -0.2) is 0 Å². The van der Waals surface area contributed by atoms with Crippen molar-refractivity contribution in [3.05, 3.63) is 106 Å². The van der Waals surface area contributed by atoms with E-state index in [4.69, 9.17) is 0 Å². The Balaban J connectivity index is 1.81. The maximum atomic E-state index is 14.0. The monoisotopic (exact) mass is 479 g/mol. The third-order valence-electron chi connectivity index (χ3n) is 6.48. The topological polar surface area (TPSA) is 67.9 Å². The number of carbonyl (C=O) groups excluding carboxylic acids is 1. The van der Waals surface area contributed by atoms with E-state index in [2.05, 4.69) is 28.1 Å². The van der Waals surface area contributed by atoms with Crippen molar-refractivity contribution in [3.8, 4) is 12.1 Å². The van der Waals surface area contributed by atoms with Crippen LogP contribution < -0.4 is 4.90 Å². The highest BCUT2D eigenvalue weighted by molar-refractivity contribution is 9.10. The lowest BCUT2D eigenvalue weighted by molar-refractivity contribution is 0.0951. The van der Waals surface area contributed by atoms with Gasteiger partial charge in [-0.2, -0.15) is 10.5 Å². The number of benzene rings is 3. The quantitative estimate of drug-likeness (QED) is 0.449. The van der Waals surface area contributed by atoms with Gasteiger partial charge in [-0.1, -0.05) is 94.8 Å². The van der Waals surface area contributed by atoms with E-state index in [1.165, 1.54) is 0 Å². The number of nitrogens with zero attached hydrogens (tertiary/aromatic N) is 3. The molecule has 0 aliphatic carbocycles. The molecule has 0 bridgehead atoms. The molecule has 0 aromatic heterocycles. The number of rotatable bonds is 3. The van der Waals surface area contributed by atoms with Crippen LogP contribution in [-0.4, -0.2) is 17.9 Å². The van der Waals surface area contributed by atoms with Gasteiger partial charge in [0.25, 0.3) is 0 Å². The van der Waals surface area contributed by atoms with Gasteiger partial charge in [0.15, 0.2) is 11.2 Å². The molecular weight excluding hydrogens is 462 g/mol. The summed E-state index contributed by atoms with van der Waals surface area (Å²) in [7, 11) is 0. The Bertz CT molecular complexity index is 1300. The Labute approximate surface area is 195 Å². The third-order valence-corrected chi connectivity index (χ3v) is 7.20. The summed E-state index contributed by atoms with van der Waals surface area (Å²) in [5.74, 6) is -0.754. The molecule has 1 saturated heterocycles. The fourth-order valence-electron chi connectivity index (χ4n) is 5.08. The van der Waals surface area contributed by atoms with Gasteiger partial charge in [-0.15, -0.1) is 0 Å². The Hall–Kier alpha value is -3.67. The number of hydrogen-bond acceptors (Lipinski definition) is 4. The standard InChI is InChI=1S/C27H18BrN3O/c28-21-12-6-5-11-20(21)24-25(26(32)19-9-2-1-3-10-19)31-22-13-7-4-8-18(22)14-15-23(31)27(24,16-29)17-30/h1-15,23-25H. The van der Waals surface area contributed by atoms with Gasteiger partial charge in [0.1, 0.15) is 6.04 Å². The first kappa shape index (κ1) is 20.2. The Morgan fingerprint density at radius 3 is 2.28 bits per heavy atom. The molecule has 1 fully saturated rings. The number of fused-ring (bicyclic) bond motifs is 3. The summed E-state index contributed by atoms with van der Waals surface area (Å²) in [6.07, 6.45) is 3.85. The average Bonchev–Trinajstić information content (AvgIpc) is 3.15. The largest absolute Gasteiger partial charge is 0.351 e. The first-order valence-electron chi connectivity index (χ1n) is 10.3. The predicted molar refractivity (Wildman–Crippen MR) is 127 cm³/mol. The van der Waals surface area contributed by atoms with E-state index in [0.29, 0.717) is 5.56 Å². The molecule has 3 aromatic rings. The van der Waals surface area contributed by atoms with E-state index in [-0.39, 0.29) is 5.78 Å². The number of anilines is 1. The van der Waals surface area contributed by atoms with Crippen LogP contribution in [0.5, 0.6) is 0 Å². The summed E-state index contributed by atoms with van der Waals surface area (Å²) in [4.78, 5) is 16.0. The number of Topliss-reactive ketones (excluding diaryl/α,β-unsaturated/α-hetero) is 1. The van der Waals surface area contributed by atoms with Crippen molar-refractivity contribution in [2.24, 2.45) is 5.41 Å². The summed E-state index contributed by atoms with van der Waals surface area (Å²) in [5, 5.41) is 20.9. The van der Waals surface area contributed by atoms with Crippen molar-refractivity contribution in [1.82, 2.24) is 0 Å². The lowest BCUT2D eigenvalue weighted by Crippen LogP contribution is -2.44. The second-order valence-corrected chi connectivity index (χ2v) is 8.89. The SMILES string of the molecule is N#CC1(C#N)C(c2ccccc2Br)C(C(=O)c2ccccc2)N2c3ccccc3C=CC21. The number of carbonyl (C=O) groups is 1. The lowest BCUT2D eigenvalue weighted by atomic mass is 9.69. The lowest BCUT2D eigenvalue weighted by Gasteiger charge is -2.35. The zero-order valence-electron chi connectivity index (χ0n) is 17.0. The first-order chi connectivity index (χ1) is 15.6. The summed E-state index contributed by atoms with van der Waals surface area (Å²) < 4.78 is 0.780. The Morgan fingerprint density at radius 2 is 1.56 bits per heavy atom. The Kier molecular flexibility index (Phi) is 4.93. The maximum Gasteiger partial charge on any atom is 0.185 e. The van der Waals surface area contributed by atoms with E-state index in [1.807, 2.05) is 83.8 Å². The molecule has 5 heteroatoms. The highest BCUT2D eigenvalue weighted by atomic mass is 79.9. The summed E-state index contributed by atoms with van der Waals surface area (Å²) in [5.41, 5.74) is 1.73. The maximum absolute atomic E-state index is 14.0. The van der Waals surface area contributed by atoms with Crippen LogP contribution in [0.15, 0.2) is 89.4 Å². The van der Waals surface area contributed by atoms with Crippen LogP contribution in [0, 0.1) is 28.1 Å². The number of hydrogen-bond donors (Lipinski definition) is 0. The van der Waals surface area contributed by atoms with E-state index >= 15 is 0 Å². The molecule has 0 N–H and O–H groups in total. The van der Waals surface area contributed by atoms with E-state index in [0.717, 1.165) is 21.3 Å². The predicted octanol–water partition coefficient (Wildman–Crippen LogP) is 5.73. The van der Waals surface area contributed by atoms with Gasteiger partial charge in [0.2, 0.25) is 0 Å². The molecule has 5 rings (SSSR count). The molecule has 0 spiro atoms. The third kappa shape index (κ3) is 2.83. The minimum Gasteiger partial charge on any atom is -0.351 e. The summed E-state index contributed by atoms with van der Waals surface area (Å²) in [6.45, 7) is 0. The molecular formula is C27H18BrN3O. The van der Waals surface area contributed by atoms with Gasteiger partial charge in [-0.3, -0.25) is 4.79 Å². The van der Waals surface area contributed by atoms with Crippen LogP contribution in [0.25, 0.3) is 6.08 Å². The van der Waals surface area contributed by atoms with Gasteiger partial charge in [0, 0.05) is 21.6 Å². The molecule has 0 radical (unpaired) electrons. The minimum absolute atomic E-state index is 0.103. The molecule has 3 atom stereocenters. The van der Waals surface area contributed by atoms with Crippen LogP contribution in [0.3, 0.4) is 0 Å². The van der Waals surface area contributed by atoms with Crippen LogP contribution in [0.4, 0.5) is 5.69 Å². The van der Waals surface area contributed by atoms with Crippen molar-refractivity contribution in [1.29, 1.82) is 10.5 Å². The molecule has 3 unspecified atom stereocenters. The second kappa shape index (κ2) is 7.79. The van der Waals surface area contributed by atoms with Crippen LogP contribution in [0.1, 0.15) is 27.4 Å². The fraction of sp³-hybridized carbons (Fsp3) is 0.148. The summed E-state index contributed by atoms with van der Waals surface area (Å²) >= 11 is 3.61. The zero-order chi connectivity index (χ0) is 22.3. The highest BCUT2D eigenvalue weighted by Crippen LogP contribution is 2.56. The molecule has 2 aliphatic heterocycles. The van der Waals surface area contributed by atoms with Crippen molar-refractivity contribution >= 4 is 33.5 Å². The molecule has 32 heavy (non-hydrogen) atoms. The van der Waals surface area contributed by atoms with Gasteiger partial charge >= 0.3 is 0 Å². The normalized spacial score (nSPS) is 22.3. The van der Waals surface area contributed by atoms with Crippen LogP contribution in [0.2, 0.25) is 0 Å². The number of nitriles is 2. The second-order valence-electron chi connectivity index (χ2n) is 8.04. The molecule has 0 saturated carbocycles. The smallest absolute Gasteiger partial charge is 0.185 e. The molecule has 4 nitrogen and oxygen atoms in total. The average molecular weight is 480 g/mol. The van der Waals surface area contributed by atoms with Gasteiger partial charge < -0.3 is 4.90 Å². The molecule has 2 aliphatic rings. The molecule has 3 aromatic carbocycles. The number of ketones is 1. The van der Waals surface area contributed by atoms with Crippen LogP contribution in [-0.2, 0) is 0 Å². The Morgan fingerprint density at radius 1 is 0.906 bits per heavy atom. The van der Waals surface area contributed by atoms with Crippen molar-refractivity contribution < 1.29 is 4.79 Å². The van der Waals surface area contributed by atoms with Crippen molar-refractivity contribution in [2.75, 3.05) is 4.90 Å².